The van der Waals surface area contributed by atoms with Crippen LogP contribution in [0.15, 0.2) is 24.4 Å². The number of benzene rings is 1. The third kappa shape index (κ3) is 1.91. The predicted molar refractivity (Wildman–Crippen MR) is 62.5 cm³/mol. The van der Waals surface area contributed by atoms with Gasteiger partial charge >= 0.3 is 0 Å². The summed E-state index contributed by atoms with van der Waals surface area (Å²) in [6.45, 7) is 4.11. The molecule has 2 rings (SSSR count). The molecule has 0 saturated carbocycles. The number of aromatic amines is 1. The fourth-order valence-corrected chi connectivity index (χ4v) is 1.49. The number of hydrogen-bond donors (Lipinski definition) is 2. The van der Waals surface area contributed by atoms with Crippen molar-refractivity contribution < 1.29 is 4.39 Å². The molecule has 0 aliphatic carbocycles. The molecule has 0 saturated heterocycles. The third-order valence-electron chi connectivity index (χ3n) is 2.45. The van der Waals surface area contributed by atoms with E-state index >= 15 is 0 Å². The molecule has 2 aromatic rings. The van der Waals surface area contributed by atoms with Crippen molar-refractivity contribution in [3.63, 3.8) is 0 Å². The van der Waals surface area contributed by atoms with Crippen molar-refractivity contribution in [1.82, 2.24) is 9.97 Å². The van der Waals surface area contributed by atoms with Gasteiger partial charge < -0.3 is 10.7 Å². The van der Waals surface area contributed by atoms with Crippen LogP contribution in [0.25, 0.3) is 11.3 Å². The SMILES string of the molecule is CC(C)c1ncc(-c2ccc(F)c(N)c2)[nH]1. The van der Waals surface area contributed by atoms with Gasteiger partial charge in [0.2, 0.25) is 0 Å². The van der Waals surface area contributed by atoms with Crippen LogP contribution >= 0.6 is 0 Å². The molecule has 3 N–H and O–H groups in total. The van der Waals surface area contributed by atoms with Crippen LogP contribution in [0.4, 0.5) is 10.1 Å². The Morgan fingerprint density at radius 1 is 1.38 bits per heavy atom. The summed E-state index contributed by atoms with van der Waals surface area (Å²) in [5, 5.41) is 0. The third-order valence-corrected chi connectivity index (χ3v) is 2.45. The summed E-state index contributed by atoms with van der Waals surface area (Å²) >= 11 is 0. The Hall–Kier alpha value is -1.84. The van der Waals surface area contributed by atoms with E-state index in [2.05, 4.69) is 23.8 Å². The molecule has 0 fully saturated rings. The second-order valence-corrected chi connectivity index (χ2v) is 4.07. The molecule has 0 aliphatic heterocycles. The zero-order valence-corrected chi connectivity index (χ0v) is 9.29. The minimum absolute atomic E-state index is 0.151. The largest absolute Gasteiger partial charge is 0.396 e. The number of hydrogen-bond acceptors (Lipinski definition) is 2. The number of anilines is 1. The van der Waals surface area contributed by atoms with Gasteiger partial charge in [0.05, 0.1) is 17.6 Å². The minimum atomic E-state index is -0.396. The highest BCUT2D eigenvalue weighted by molar-refractivity contribution is 5.63. The number of nitrogens with one attached hydrogen (secondary N) is 1. The summed E-state index contributed by atoms with van der Waals surface area (Å²) in [4.78, 5) is 7.44. The van der Waals surface area contributed by atoms with Gasteiger partial charge in [-0.05, 0) is 18.2 Å². The summed E-state index contributed by atoms with van der Waals surface area (Å²) in [5.74, 6) is 0.858. The Balaban J connectivity index is 2.39. The Kier molecular flexibility index (Phi) is 2.64. The van der Waals surface area contributed by atoms with E-state index in [1.165, 1.54) is 6.07 Å². The van der Waals surface area contributed by atoms with Crippen LogP contribution in [0, 0.1) is 5.82 Å². The van der Waals surface area contributed by atoms with E-state index < -0.39 is 5.82 Å². The molecular formula is C12H14FN3. The molecule has 84 valence electrons. The van der Waals surface area contributed by atoms with Crippen LogP contribution in [-0.4, -0.2) is 9.97 Å². The molecule has 1 heterocycles. The van der Waals surface area contributed by atoms with Crippen LogP contribution in [0.1, 0.15) is 25.6 Å². The van der Waals surface area contributed by atoms with Crippen molar-refractivity contribution in [2.75, 3.05) is 5.73 Å². The first-order valence-electron chi connectivity index (χ1n) is 5.18. The Morgan fingerprint density at radius 2 is 2.12 bits per heavy atom. The zero-order chi connectivity index (χ0) is 11.7. The van der Waals surface area contributed by atoms with Crippen molar-refractivity contribution in [2.45, 2.75) is 19.8 Å². The lowest BCUT2D eigenvalue weighted by Crippen LogP contribution is -1.92. The number of nitrogens with zero attached hydrogens (tertiary/aromatic N) is 1. The average Bonchev–Trinajstić information content (AvgIpc) is 2.71. The first-order chi connectivity index (χ1) is 7.58. The molecule has 1 aromatic heterocycles. The van der Waals surface area contributed by atoms with Gasteiger partial charge in [-0.25, -0.2) is 9.37 Å². The number of imidazole rings is 1. The van der Waals surface area contributed by atoms with Gasteiger partial charge in [-0.3, -0.25) is 0 Å². The highest BCUT2D eigenvalue weighted by atomic mass is 19.1. The van der Waals surface area contributed by atoms with Gasteiger partial charge in [0.25, 0.3) is 0 Å². The van der Waals surface area contributed by atoms with Crippen molar-refractivity contribution in [3.8, 4) is 11.3 Å². The van der Waals surface area contributed by atoms with E-state index in [1.54, 1.807) is 18.3 Å². The maximum atomic E-state index is 13.0. The minimum Gasteiger partial charge on any atom is -0.396 e. The summed E-state index contributed by atoms with van der Waals surface area (Å²) in [6.07, 6.45) is 1.74. The highest BCUT2D eigenvalue weighted by Crippen LogP contribution is 2.23. The van der Waals surface area contributed by atoms with Crippen molar-refractivity contribution in [2.24, 2.45) is 0 Å². The first-order valence-corrected chi connectivity index (χ1v) is 5.18. The first kappa shape index (κ1) is 10.7. The molecular weight excluding hydrogens is 205 g/mol. The van der Waals surface area contributed by atoms with Crippen molar-refractivity contribution >= 4 is 5.69 Å². The fourth-order valence-electron chi connectivity index (χ4n) is 1.49. The lowest BCUT2D eigenvalue weighted by Gasteiger charge is -2.01. The van der Waals surface area contributed by atoms with Gasteiger partial charge in [0.15, 0.2) is 0 Å². The lowest BCUT2D eigenvalue weighted by atomic mass is 10.1. The van der Waals surface area contributed by atoms with E-state index in [1.807, 2.05) is 0 Å². The van der Waals surface area contributed by atoms with Crippen LogP contribution < -0.4 is 5.73 Å². The highest BCUT2D eigenvalue weighted by Gasteiger charge is 2.07. The molecule has 4 heteroatoms. The fraction of sp³-hybridized carbons (Fsp3) is 0.250. The van der Waals surface area contributed by atoms with Gasteiger partial charge in [0.1, 0.15) is 11.6 Å². The molecule has 0 spiro atoms. The van der Waals surface area contributed by atoms with Gasteiger partial charge in [-0.1, -0.05) is 13.8 Å². The van der Waals surface area contributed by atoms with Crippen LogP contribution in [0.2, 0.25) is 0 Å². The molecule has 0 amide bonds. The second kappa shape index (κ2) is 3.96. The summed E-state index contributed by atoms with van der Waals surface area (Å²) in [7, 11) is 0. The molecule has 0 unspecified atom stereocenters. The maximum absolute atomic E-state index is 13.0. The normalized spacial score (nSPS) is 11.0. The number of nitrogens with two attached hydrogens (primary N) is 1. The number of H-pyrrole nitrogens is 1. The number of nitrogen functional groups attached to an aromatic ring is 1. The summed E-state index contributed by atoms with van der Waals surface area (Å²) in [6, 6.07) is 4.65. The van der Waals surface area contributed by atoms with Crippen molar-refractivity contribution in [1.29, 1.82) is 0 Å². The number of aromatic nitrogens is 2. The van der Waals surface area contributed by atoms with E-state index in [0.29, 0.717) is 5.92 Å². The van der Waals surface area contributed by atoms with E-state index in [9.17, 15) is 4.39 Å². The van der Waals surface area contributed by atoms with Crippen molar-refractivity contribution in [3.05, 3.63) is 36.0 Å². The molecule has 0 aliphatic rings. The maximum Gasteiger partial charge on any atom is 0.146 e. The molecule has 3 nitrogen and oxygen atoms in total. The van der Waals surface area contributed by atoms with E-state index in [0.717, 1.165) is 17.1 Å². The molecule has 1 aromatic carbocycles. The quantitative estimate of drug-likeness (QED) is 0.763. The Morgan fingerprint density at radius 3 is 2.69 bits per heavy atom. The van der Waals surface area contributed by atoms with Crippen LogP contribution in [-0.2, 0) is 0 Å². The number of rotatable bonds is 2. The monoisotopic (exact) mass is 219 g/mol. The lowest BCUT2D eigenvalue weighted by molar-refractivity contribution is 0.632. The Bertz CT molecular complexity index is 503. The molecule has 0 radical (unpaired) electrons. The van der Waals surface area contributed by atoms with Gasteiger partial charge in [-0.2, -0.15) is 0 Å². The molecule has 16 heavy (non-hydrogen) atoms. The molecule has 0 bridgehead atoms. The standard InChI is InChI=1S/C12H14FN3/c1-7(2)12-15-6-11(16-12)8-3-4-9(13)10(14)5-8/h3-7H,14H2,1-2H3,(H,15,16). The van der Waals surface area contributed by atoms with E-state index in [4.69, 9.17) is 5.73 Å². The predicted octanol–water partition coefficient (Wildman–Crippen LogP) is 2.92. The van der Waals surface area contributed by atoms with Gasteiger partial charge in [0, 0.05) is 11.5 Å². The van der Waals surface area contributed by atoms with E-state index in [-0.39, 0.29) is 5.69 Å². The average molecular weight is 219 g/mol. The molecule has 0 atom stereocenters. The number of halogens is 1. The van der Waals surface area contributed by atoms with Crippen LogP contribution in [0.3, 0.4) is 0 Å². The van der Waals surface area contributed by atoms with Crippen LogP contribution in [0.5, 0.6) is 0 Å². The smallest absolute Gasteiger partial charge is 0.146 e. The topological polar surface area (TPSA) is 54.7 Å². The summed E-state index contributed by atoms with van der Waals surface area (Å²) in [5.41, 5.74) is 7.37. The Labute approximate surface area is 93.5 Å². The van der Waals surface area contributed by atoms with Gasteiger partial charge in [-0.15, -0.1) is 0 Å². The zero-order valence-electron chi connectivity index (χ0n) is 9.29. The summed E-state index contributed by atoms with van der Waals surface area (Å²) < 4.78 is 13.0. The second-order valence-electron chi connectivity index (χ2n) is 4.07.